The van der Waals surface area contributed by atoms with Gasteiger partial charge in [0, 0.05) is 0 Å². The fourth-order valence-corrected chi connectivity index (χ4v) is 4.02. The van der Waals surface area contributed by atoms with Crippen LogP contribution in [0.3, 0.4) is 0 Å². The van der Waals surface area contributed by atoms with Gasteiger partial charge < -0.3 is 10.6 Å². The molecule has 2 unspecified atom stereocenters. The topological polar surface area (TPSA) is 105 Å². The number of amides is 1. The van der Waals surface area contributed by atoms with Crippen LogP contribution < -0.4 is 15.8 Å². The Hall–Kier alpha value is -1.48. The zero-order chi connectivity index (χ0) is 20.0. The van der Waals surface area contributed by atoms with Crippen molar-refractivity contribution in [3.63, 3.8) is 0 Å². The maximum atomic E-state index is 12.6. The molecule has 2 atom stereocenters. The predicted molar refractivity (Wildman–Crippen MR) is 107 cm³/mol. The van der Waals surface area contributed by atoms with E-state index in [9.17, 15) is 13.2 Å². The van der Waals surface area contributed by atoms with E-state index in [1.54, 1.807) is 12.1 Å². The summed E-state index contributed by atoms with van der Waals surface area (Å²) in [5.74, 6) is 0.729. The monoisotopic (exact) mass is 396 g/mol. The second-order valence-corrected chi connectivity index (χ2v) is 8.95. The summed E-state index contributed by atoms with van der Waals surface area (Å²) in [6, 6.07) is 5.91. The molecule has 1 aromatic carbocycles. The summed E-state index contributed by atoms with van der Waals surface area (Å²) in [6.07, 6.45) is 3.45. The van der Waals surface area contributed by atoms with Gasteiger partial charge in [0.05, 0.1) is 17.0 Å². The van der Waals surface area contributed by atoms with Crippen molar-refractivity contribution in [3.05, 3.63) is 29.8 Å². The van der Waals surface area contributed by atoms with E-state index in [1.165, 1.54) is 18.6 Å². The highest BCUT2D eigenvalue weighted by Crippen LogP contribution is 2.22. The Balaban J connectivity index is 1.87. The number of carbonyl (C=O) groups excluding carboxylic acids is 1. The van der Waals surface area contributed by atoms with E-state index in [2.05, 4.69) is 15.5 Å². The van der Waals surface area contributed by atoms with Crippen molar-refractivity contribution in [2.24, 2.45) is 11.1 Å². The summed E-state index contributed by atoms with van der Waals surface area (Å²) in [7, 11) is -1.73. The fourth-order valence-electron chi connectivity index (χ4n) is 3.51. The lowest BCUT2D eigenvalue weighted by molar-refractivity contribution is -0.127. The van der Waals surface area contributed by atoms with Crippen LogP contribution in [-0.2, 0) is 14.8 Å². The molecule has 0 radical (unpaired) electrons. The first kappa shape index (κ1) is 21.8. The molecule has 1 aromatic rings. The maximum absolute atomic E-state index is 12.6. The van der Waals surface area contributed by atoms with Gasteiger partial charge >= 0.3 is 0 Å². The Morgan fingerprint density at radius 1 is 1.22 bits per heavy atom. The normalized spacial score (nSPS) is 18.8. The van der Waals surface area contributed by atoms with Crippen LogP contribution in [0.25, 0.3) is 0 Å². The SMILES string of the molecule is CNCCC1CCN(C(C)C(=O)NC(C)c2ccc(S(N)(=O)=O)cc2)CC1. The third-order valence-corrected chi connectivity index (χ3v) is 6.38. The number of likely N-dealkylation sites (tertiary alicyclic amines) is 1. The molecule has 1 saturated heterocycles. The van der Waals surface area contributed by atoms with Crippen LogP contribution in [-0.4, -0.2) is 51.9 Å². The predicted octanol–water partition coefficient (Wildman–Crippen LogP) is 1.22. The van der Waals surface area contributed by atoms with Crippen LogP contribution in [0, 0.1) is 5.92 Å². The van der Waals surface area contributed by atoms with E-state index in [0.29, 0.717) is 0 Å². The van der Waals surface area contributed by atoms with Crippen molar-refractivity contribution in [1.29, 1.82) is 0 Å². The van der Waals surface area contributed by atoms with Gasteiger partial charge in [-0.25, -0.2) is 13.6 Å². The standard InChI is InChI=1S/C19H32N4O3S/c1-14(17-4-6-18(7-5-17)27(20,25)26)22-19(24)15(2)23-12-9-16(10-13-23)8-11-21-3/h4-7,14-16,21H,8-13H2,1-3H3,(H,22,24)(H2,20,25,26). The van der Waals surface area contributed by atoms with Crippen molar-refractivity contribution in [3.8, 4) is 0 Å². The Morgan fingerprint density at radius 3 is 2.33 bits per heavy atom. The molecule has 1 aliphatic rings. The number of carbonyl (C=O) groups is 1. The number of primary sulfonamides is 1. The van der Waals surface area contributed by atoms with Gasteiger partial charge in [-0.1, -0.05) is 12.1 Å². The molecule has 4 N–H and O–H groups in total. The summed E-state index contributed by atoms with van der Waals surface area (Å²) in [5, 5.41) is 11.3. The van der Waals surface area contributed by atoms with Gasteiger partial charge in [-0.05, 0) is 83.4 Å². The lowest BCUT2D eigenvalue weighted by Gasteiger charge is -2.35. The molecule has 1 amide bonds. The number of piperidine rings is 1. The number of nitrogens with zero attached hydrogens (tertiary/aromatic N) is 1. The average Bonchev–Trinajstić information content (AvgIpc) is 2.65. The summed E-state index contributed by atoms with van der Waals surface area (Å²) in [5.41, 5.74) is 0.841. The zero-order valence-corrected chi connectivity index (χ0v) is 17.3. The minimum absolute atomic E-state index is 0.00769. The lowest BCUT2D eigenvalue weighted by atomic mass is 9.92. The largest absolute Gasteiger partial charge is 0.348 e. The van der Waals surface area contributed by atoms with E-state index in [0.717, 1.165) is 44.0 Å². The quantitative estimate of drug-likeness (QED) is 0.613. The smallest absolute Gasteiger partial charge is 0.238 e. The molecule has 0 saturated carbocycles. The molecule has 1 heterocycles. The van der Waals surface area contributed by atoms with Gasteiger partial charge in [0.2, 0.25) is 15.9 Å². The van der Waals surface area contributed by atoms with Crippen molar-refractivity contribution in [2.75, 3.05) is 26.7 Å². The molecule has 8 heteroatoms. The summed E-state index contributed by atoms with van der Waals surface area (Å²) >= 11 is 0. The number of rotatable bonds is 8. The highest BCUT2D eigenvalue weighted by atomic mass is 32.2. The molecule has 0 bridgehead atoms. The third kappa shape index (κ3) is 6.27. The first-order valence-corrected chi connectivity index (χ1v) is 11.1. The number of benzene rings is 1. The van der Waals surface area contributed by atoms with Crippen LogP contribution in [0.4, 0.5) is 0 Å². The Morgan fingerprint density at radius 2 is 1.81 bits per heavy atom. The molecular weight excluding hydrogens is 364 g/mol. The molecule has 0 aliphatic carbocycles. The number of hydrogen-bond donors (Lipinski definition) is 3. The van der Waals surface area contributed by atoms with Crippen LogP contribution in [0.2, 0.25) is 0 Å². The van der Waals surface area contributed by atoms with E-state index < -0.39 is 10.0 Å². The van der Waals surface area contributed by atoms with E-state index in [-0.39, 0.29) is 22.9 Å². The van der Waals surface area contributed by atoms with E-state index in [4.69, 9.17) is 5.14 Å². The van der Waals surface area contributed by atoms with Gasteiger partial charge in [-0.2, -0.15) is 0 Å². The first-order valence-electron chi connectivity index (χ1n) is 9.54. The minimum atomic E-state index is -3.70. The van der Waals surface area contributed by atoms with Crippen LogP contribution >= 0.6 is 0 Å². The molecular formula is C19H32N4O3S. The molecule has 7 nitrogen and oxygen atoms in total. The highest BCUT2D eigenvalue weighted by Gasteiger charge is 2.27. The second kappa shape index (κ2) is 9.64. The maximum Gasteiger partial charge on any atom is 0.238 e. The van der Waals surface area contributed by atoms with Gasteiger partial charge in [0.15, 0.2) is 0 Å². The summed E-state index contributed by atoms with van der Waals surface area (Å²) in [4.78, 5) is 14.9. The number of nitrogens with two attached hydrogens (primary N) is 1. The Bertz CT molecular complexity index is 713. The van der Waals surface area contributed by atoms with E-state index >= 15 is 0 Å². The summed E-state index contributed by atoms with van der Waals surface area (Å²) < 4.78 is 22.7. The Labute approximate surface area is 162 Å². The van der Waals surface area contributed by atoms with Gasteiger partial charge in [0.25, 0.3) is 0 Å². The summed E-state index contributed by atoms with van der Waals surface area (Å²) in [6.45, 7) is 6.77. The number of nitrogens with one attached hydrogen (secondary N) is 2. The molecule has 27 heavy (non-hydrogen) atoms. The molecule has 1 aliphatic heterocycles. The molecule has 0 spiro atoms. The Kier molecular flexibility index (Phi) is 7.79. The van der Waals surface area contributed by atoms with Crippen LogP contribution in [0.1, 0.15) is 44.7 Å². The van der Waals surface area contributed by atoms with Crippen molar-refractivity contribution < 1.29 is 13.2 Å². The van der Waals surface area contributed by atoms with Crippen molar-refractivity contribution in [1.82, 2.24) is 15.5 Å². The molecule has 152 valence electrons. The first-order chi connectivity index (χ1) is 12.7. The third-order valence-electron chi connectivity index (χ3n) is 5.45. The van der Waals surface area contributed by atoms with Crippen LogP contribution in [0.15, 0.2) is 29.2 Å². The molecule has 0 aromatic heterocycles. The fraction of sp³-hybridized carbons (Fsp3) is 0.632. The second-order valence-electron chi connectivity index (χ2n) is 7.39. The van der Waals surface area contributed by atoms with Gasteiger partial charge in [-0.15, -0.1) is 0 Å². The van der Waals surface area contributed by atoms with E-state index in [1.807, 2.05) is 20.9 Å². The van der Waals surface area contributed by atoms with Crippen molar-refractivity contribution >= 4 is 15.9 Å². The highest BCUT2D eigenvalue weighted by molar-refractivity contribution is 7.89. The average molecular weight is 397 g/mol. The van der Waals surface area contributed by atoms with Crippen molar-refractivity contribution in [2.45, 2.75) is 50.1 Å². The lowest BCUT2D eigenvalue weighted by Crippen LogP contribution is -2.48. The number of sulfonamides is 1. The minimum Gasteiger partial charge on any atom is -0.348 e. The zero-order valence-electron chi connectivity index (χ0n) is 16.4. The number of hydrogen-bond acceptors (Lipinski definition) is 5. The molecule has 2 rings (SSSR count). The van der Waals surface area contributed by atoms with Crippen LogP contribution in [0.5, 0.6) is 0 Å². The van der Waals surface area contributed by atoms with Gasteiger partial charge in [0.1, 0.15) is 0 Å². The molecule has 1 fully saturated rings. The van der Waals surface area contributed by atoms with Gasteiger partial charge in [-0.3, -0.25) is 9.69 Å².